The molecular weight excluding hydrogens is 549 g/mol. The lowest BCUT2D eigenvalue weighted by atomic mass is 9.98. The van der Waals surface area contributed by atoms with Crippen LogP contribution >= 0.6 is 71.0 Å². The second-order valence-corrected chi connectivity index (χ2v) is 8.59. The first-order chi connectivity index (χ1) is 11.4. The van der Waals surface area contributed by atoms with Gasteiger partial charge < -0.3 is 9.57 Å². The zero-order valence-electron chi connectivity index (χ0n) is 12.2. The highest BCUT2D eigenvalue weighted by molar-refractivity contribution is 9.11. The molecule has 0 saturated heterocycles. The van der Waals surface area contributed by atoms with Crippen LogP contribution in [0.4, 0.5) is 0 Å². The van der Waals surface area contributed by atoms with Crippen LogP contribution in [0.25, 0.3) is 0 Å². The highest BCUT2D eigenvalue weighted by atomic mass is 79.9. The zero-order chi connectivity index (χ0) is 17.4. The van der Waals surface area contributed by atoms with E-state index >= 15 is 0 Å². The van der Waals surface area contributed by atoms with Crippen LogP contribution in [0.5, 0.6) is 5.75 Å². The van der Waals surface area contributed by atoms with Gasteiger partial charge in [0.15, 0.2) is 5.75 Å². The Morgan fingerprint density at radius 2 is 1.67 bits per heavy atom. The van der Waals surface area contributed by atoms with E-state index in [-0.39, 0.29) is 5.92 Å². The maximum atomic E-state index is 6.27. The van der Waals surface area contributed by atoms with E-state index in [0.29, 0.717) is 27.1 Å². The molecule has 2 aromatic rings. The van der Waals surface area contributed by atoms with E-state index in [1.807, 2.05) is 19.1 Å². The quantitative estimate of drug-likeness (QED) is 0.404. The number of oxime groups is 1. The molecule has 126 valence electrons. The minimum absolute atomic E-state index is 0.148. The second-order valence-electron chi connectivity index (χ2n) is 5.15. The average Bonchev–Trinajstić information content (AvgIpc) is 2.84. The zero-order valence-corrected chi connectivity index (χ0v) is 18.5. The fraction of sp³-hybridized carbons (Fsp3) is 0.188. The number of ether oxygens (including phenoxy) is 1. The molecule has 0 aliphatic carbocycles. The Labute approximate surface area is 174 Å². The van der Waals surface area contributed by atoms with Gasteiger partial charge in [0.25, 0.3) is 6.29 Å². The summed E-state index contributed by atoms with van der Waals surface area (Å²) in [6.45, 7) is 1.96. The van der Waals surface area contributed by atoms with Gasteiger partial charge in [-0.3, -0.25) is 0 Å². The van der Waals surface area contributed by atoms with Gasteiger partial charge in [0.1, 0.15) is 5.71 Å². The van der Waals surface area contributed by atoms with Crippen LogP contribution in [-0.4, -0.2) is 12.0 Å². The molecule has 8 heteroatoms. The number of benzene rings is 2. The maximum Gasteiger partial charge on any atom is 0.273 e. The van der Waals surface area contributed by atoms with Gasteiger partial charge >= 0.3 is 0 Å². The van der Waals surface area contributed by atoms with Crippen molar-refractivity contribution in [3.8, 4) is 5.75 Å². The molecular formula is C16H10Br3Cl2NO2. The van der Waals surface area contributed by atoms with Gasteiger partial charge in [0.2, 0.25) is 0 Å². The molecule has 0 fully saturated rings. The topological polar surface area (TPSA) is 30.8 Å². The van der Waals surface area contributed by atoms with Crippen molar-refractivity contribution < 1.29 is 9.57 Å². The minimum atomic E-state index is -0.582. The summed E-state index contributed by atoms with van der Waals surface area (Å²) in [4.78, 5) is 5.48. The lowest BCUT2D eigenvalue weighted by molar-refractivity contribution is -0.0775. The number of rotatable bonds is 3. The van der Waals surface area contributed by atoms with E-state index in [1.165, 1.54) is 0 Å². The van der Waals surface area contributed by atoms with Crippen LogP contribution in [0.15, 0.2) is 48.9 Å². The summed E-state index contributed by atoms with van der Waals surface area (Å²) in [5, 5.41) is 5.21. The van der Waals surface area contributed by atoms with Gasteiger partial charge in [-0.25, -0.2) is 0 Å². The van der Waals surface area contributed by atoms with E-state index in [0.717, 1.165) is 13.4 Å². The molecule has 0 aromatic heterocycles. The standard InChI is InChI=1S/C16H10Br3Cl2NO2/c1-7-14(13-11(20)3-2-4-12(13)21)22-24-16(7)23-15-9(18)5-8(17)6-10(15)19/h2-7,16H,1H3/t7-,16-/m0/s1. The number of hydrogen-bond donors (Lipinski definition) is 0. The van der Waals surface area contributed by atoms with Crippen molar-refractivity contribution in [1.82, 2.24) is 0 Å². The molecule has 0 unspecified atom stereocenters. The van der Waals surface area contributed by atoms with Crippen LogP contribution in [0.1, 0.15) is 12.5 Å². The number of nitrogens with zero attached hydrogens (tertiary/aromatic N) is 1. The number of halogens is 5. The molecule has 3 rings (SSSR count). The Balaban J connectivity index is 1.86. The molecule has 1 aliphatic heterocycles. The molecule has 0 N–H and O–H groups in total. The van der Waals surface area contributed by atoms with E-state index in [9.17, 15) is 0 Å². The Hall–Kier alpha value is -0.270. The van der Waals surface area contributed by atoms with Gasteiger partial charge in [-0.1, -0.05) is 50.4 Å². The summed E-state index contributed by atoms with van der Waals surface area (Å²) >= 11 is 22.9. The predicted octanol–water partition coefficient (Wildman–Crippen LogP) is 7.06. The smallest absolute Gasteiger partial charge is 0.273 e. The normalized spacial score (nSPS) is 19.8. The Morgan fingerprint density at radius 3 is 2.25 bits per heavy atom. The third-order valence-corrected chi connectivity index (χ3v) is 5.78. The molecule has 0 bridgehead atoms. The first-order valence-electron chi connectivity index (χ1n) is 6.87. The van der Waals surface area contributed by atoms with Gasteiger partial charge in [-0.15, -0.1) is 0 Å². The summed E-state index contributed by atoms with van der Waals surface area (Å²) in [6.07, 6.45) is -0.582. The van der Waals surface area contributed by atoms with Crippen molar-refractivity contribution in [1.29, 1.82) is 0 Å². The van der Waals surface area contributed by atoms with Gasteiger partial charge in [-0.05, 0) is 63.0 Å². The molecule has 0 saturated carbocycles. The van der Waals surface area contributed by atoms with Crippen LogP contribution in [0.3, 0.4) is 0 Å². The lowest BCUT2D eigenvalue weighted by Gasteiger charge is -2.19. The Bertz CT molecular complexity index is 786. The molecule has 2 atom stereocenters. The molecule has 2 aromatic carbocycles. The van der Waals surface area contributed by atoms with Crippen LogP contribution in [0, 0.1) is 5.92 Å². The van der Waals surface area contributed by atoms with Crippen molar-refractivity contribution in [3.63, 3.8) is 0 Å². The molecule has 24 heavy (non-hydrogen) atoms. The Morgan fingerprint density at radius 1 is 1.08 bits per heavy atom. The van der Waals surface area contributed by atoms with Gasteiger partial charge in [0.05, 0.1) is 24.9 Å². The van der Waals surface area contributed by atoms with Crippen LogP contribution in [-0.2, 0) is 4.84 Å². The minimum Gasteiger partial charge on any atom is -0.450 e. The maximum absolute atomic E-state index is 6.27. The molecule has 0 amide bonds. The van der Waals surface area contributed by atoms with E-state index in [2.05, 4.69) is 52.9 Å². The molecule has 0 spiro atoms. The number of hydrogen-bond acceptors (Lipinski definition) is 3. The predicted molar refractivity (Wildman–Crippen MR) is 107 cm³/mol. The second kappa shape index (κ2) is 7.54. The highest BCUT2D eigenvalue weighted by Gasteiger charge is 2.35. The third kappa shape index (κ3) is 3.63. The summed E-state index contributed by atoms with van der Waals surface area (Å²) in [6, 6.07) is 9.13. The summed E-state index contributed by atoms with van der Waals surface area (Å²) < 4.78 is 8.51. The fourth-order valence-electron chi connectivity index (χ4n) is 2.31. The SMILES string of the molecule is C[C@H]1C(c2c(Cl)cccc2Cl)=NO[C@@H]1Oc1c(Br)cc(Br)cc1Br. The molecule has 1 heterocycles. The Kier molecular flexibility index (Phi) is 5.82. The third-order valence-electron chi connectivity index (χ3n) is 3.51. The van der Waals surface area contributed by atoms with Crippen LogP contribution < -0.4 is 4.74 Å². The van der Waals surface area contributed by atoms with Crippen molar-refractivity contribution in [2.75, 3.05) is 0 Å². The van der Waals surface area contributed by atoms with E-state index in [4.69, 9.17) is 32.8 Å². The lowest BCUT2D eigenvalue weighted by Crippen LogP contribution is -2.27. The monoisotopic (exact) mass is 555 g/mol. The van der Waals surface area contributed by atoms with Crippen molar-refractivity contribution in [2.45, 2.75) is 13.2 Å². The summed E-state index contributed by atoms with van der Waals surface area (Å²) in [5.41, 5.74) is 1.34. The average molecular weight is 559 g/mol. The van der Waals surface area contributed by atoms with Gasteiger partial charge in [-0.2, -0.15) is 0 Å². The van der Waals surface area contributed by atoms with Gasteiger partial charge in [0, 0.05) is 10.0 Å². The summed E-state index contributed by atoms with van der Waals surface area (Å²) in [5.74, 6) is 0.488. The summed E-state index contributed by atoms with van der Waals surface area (Å²) in [7, 11) is 0. The first-order valence-corrected chi connectivity index (χ1v) is 10.0. The molecule has 3 nitrogen and oxygen atoms in total. The highest BCUT2D eigenvalue weighted by Crippen LogP contribution is 2.39. The van der Waals surface area contributed by atoms with E-state index < -0.39 is 6.29 Å². The largest absolute Gasteiger partial charge is 0.450 e. The fourth-order valence-corrected chi connectivity index (χ4v) is 5.35. The van der Waals surface area contributed by atoms with Crippen molar-refractivity contribution in [3.05, 3.63) is 59.4 Å². The molecule has 1 aliphatic rings. The van der Waals surface area contributed by atoms with E-state index in [1.54, 1.807) is 18.2 Å². The molecule has 0 radical (unpaired) electrons. The first kappa shape index (κ1) is 18.5. The van der Waals surface area contributed by atoms with Crippen molar-refractivity contribution >= 4 is 76.7 Å². The van der Waals surface area contributed by atoms with Crippen molar-refractivity contribution in [2.24, 2.45) is 11.1 Å². The van der Waals surface area contributed by atoms with Crippen LogP contribution in [0.2, 0.25) is 10.0 Å².